The molecule has 108 valence electrons. The first-order chi connectivity index (χ1) is 8.84. The molecule has 0 saturated carbocycles. The molecule has 1 N–H and O–H groups in total. The fraction of sp³-hybridized carbons (Fsp3) is 0.692. The van der Waals surface area contributed by atoms with Crippen molar-refractivity contribution in [3.05, 3.63) is 16.5 Å². The van der Waals surface area contributed by atoms with Gasteiger partial charge in [0.1, 0.15) is 4.21 Å². The van der Waals surface area contributed by atoms with Crippen molar-refractivity contribution in [2.75, 3.05) is 13.1 Å². The zero-order valence-corrected chi connectivity index (χ0v) is 13.2. The van der Waals surface area contributed by atoms with Gasteiger partial charge in [0.25, 0.3) is 10.0 Å². The summed E-state index contributed by atoms with van der Waals surface area (Å²) in [6.07, 6.45) is 1.08. The molecule has 0 aromatic carbocycles. The van der Waals surface area contributed by atoms with Crippen molar-refractivity contribution in [1.82, 2.24) is 4.31 Å². The maximum Gasteiger partial charge on any atom is 0.252 e. The minimum absolute atomic E-state index is 0.0984. The highest BCUT2D eigenvalue weighted by Crippen LogP contribution is 2.32. The molecule has 0 bridgehead atoms. The molecule has 2 rings (SSSR count). The molecule has 0 spiro atoms. The van der Waals surface area contributed by atoms with Crippen LogP contribution in [0.15, 0.2) is 10.3 Å². The third kappa shape index (κ3) is 3.02. The minimum atomic E-state index is -3.40. The molecule has 1 saturated heterocycles. The predicted molar refractivity (Wildman–Crippen MR) is 76.7 cm³/mol. The Bertz CT molecular complexity index is 540. The number of thiophene rings is 1. The van der Waals surface area contributed by atoms with E-state index in [1.807, 2.05) is 6.92 Å². The zero-order chi connectivity index (χ0) is 14.2. The first kappa shape index (κ1) is 15.0. The molecule has 1 aliphatic heterocycles. The summed E-state index contributed by atoms with van der Waals surface area (Å²) in [7, 11) is -3.40. The topological polar surface area (TPSA) is 57.6 Å². The summed E-state index contributed by atoms with van der Waals surface area (Å²) >= 11 is 1.18. The van der Waals surface area contributed by atoms with Gasteiger partial charge in [-0.05, 0) is 36.8 Å². The monoisotopic (exact) mass is 303 g/mol. The normalized spacial score (nSPS) is 25.7. The molecule has 1 aromatic rings. The molecular formula is C13H21NO3S2. The number of nitrogens with zero attached hydrogens (tertiary/aromatic N) is 1. The lowest BCUT2D eigenvalue weighted by atomic mass is 9.94. The lowest BCUT2D eigenvalue weighted by Crippen LogP contribution is -2.42. The molecule has 2 unspecified atom stereocenters. The molecule has 19 heavy (non-hydrogen) atoms. The third-order valence-corrected chi connectivity index (χ3v) is 7.07. The van der Waals surface area contributed by atoms with Crippen LogP contribution in [0.3, 0.4) is 0 Å². The van der Waals surface area contributed by atoms with Crippen LogP contribution in [0.2, 0.25) is 0 Å². The second-order valence-corrected chi connectivity index (χ2v) is 8.90. The maximum atomic E-state index is 12.6. The largest absolute Gasteiger partial charge is 0.391 e. The van der Waals surface area contributed by atoms with Crippen molar-refractivity contribution in [2.24, 2.45) is 11.8 Å². The van der Waals surface area contributed by atoms with Crippen molar-refractivity contribution in [1.29, 1.82) is 0 Å². The highest BCUT2D eigenvalue weighted by molar-refractivity contribution is 7.91. The van der Waals surface area contributed by atoms with Crippen molar-refractivity contribution in [3.8, 4) is 0 Å². The number of hydrogen-bond acceptors (Lipinski definition) is 4. The third-order valence-electron chi connectivity index (χ3n) is 3.57. The Morgan fingerprint density at radius 2 is 1.95 bits per heavy atom. The Morgan fingerprint density at radius 1 is 1.37 bits per heavy atom. The standard InChI is InChI=1S/C13H21NO3S2/c1-9-4-10(2)7-14(6-9)19(16,17)13-5-11(3)12(8-15)18-13/h5,9-10,15H,4,6-8H2,1-3H3. The fourth-order valence-electron chi connectivity index (χ4n) is 2.70. The van der Waals surface area contributed by atoms with Gasteiger partial charge in [0.05, 0.1) is 6.61 Å². The molecule has 0 radical (unpaired) electrons. The predicted octanol–water partition coefficient (Wildman–Crippen LogP) is 2.22. The summed E-state index contributed by atoms with van der Waals surface area (Å²) < 4.78 is 27.2. The number of aryl methyl sites for hydroxylation is 1. The van der Waals surface area contributed by atoms with Gasteiger partial charge in [-0.15, -0.1) is 11.3 Å². The quantitative estimate of drug-likeness (QED) is 0.931. The van der Waals surface area contributed by atoms with E-state index in [1.165, 1.54) is 11.3 Å². The highest BCUT2D eigenvalue weighted by atomic mass is 32.2. The Labute approximate surface area is 119 Å². The first-order valence-corrected chi connectivity index (χ1v) is 8.80. The van der Waals surface area contributed by atoms with E-state index in [0.29, 0.717) is 29.1 Å². The van der Waals surface area contributed by atoms with E-state index in [-0.39, 0.29) is 6.61 Å². The van der Waals surface area contributed by atoms with Gasteiger partial charge < -0.3 is 5.11 Å². The average Bonchev–Trinajstić information content (AvgIpc) is 2.70. The van der Waals surface area contributed by atoms with E-state index in [4.69, 9.17) is 0 Å². The van der Waals surface area contributed by atoms with Crippen LogP contribution in [-0.4, -0.2) is 30.9 Å². The Kier molecular flexibility index (Phi) is 4.35. The number of hydrogen-bond donors (Lipinski definition) is 1. The minimum Gasteiger partial charge on any atom is -0.391 e. The molecule has 1 fully saturated rings. The Morgan fingerprint density at radius 3 is 2.42 bits per heavy atom. The van der Waals surface area contributed by atoms with E-state index in [1.54, 1.807) is 10.4 Å². The Hall–Kier alpha value is -0.430. The molecule has 6 heteroatoms. The lowest BCUT2D eigenvalue weighted by Gasteiger charge is -2.33. The van der Waals surface area contributed by atoms with Crippen LogP contribution in [0.25, 0.3) is 0 Å². The summed E-state index contributed by atoms with van der Waals surface area (Å²) in [6, 6.07) is 1.68. The molecular weight excluding hydrogens is 282 g/mol. The molecule has 4 nitrogen and oxygen atoms in total. The van der Waals surface area contributed by atoms with E-state index in [0.717, 1.165) is 16.9 Å². The summed E-state index contributed by atoms with van der Waals surface area (Å²) in [6.45, 7) is 7.12. The molecule has 2 heterocycles. The van der Waals surface area contributed by atoms with E-state index in [9.17, 15) is 13.5 Å². The van der Waals surface area contributed by atoms with Gasteiger partial charge in [-0.1, -0.05) is 13.8 Å². The van der Waals surface area contributed by atoms with Gasteiger partial charge in [-0.2, -0.15) is 4.31 Å². The van der Waals surface area contributed by atoms with Crippen molar-refractivity contribution in [2.45, 2.75) is 38.0 Å². The molecule has 0 aliphatic carbocycles. The molecule has 2 atom stereocenters. The van der Waals surface area contributed by atoms with Gasteiger partial charge in [0.2, 0.25) is 0 Å². The summed E-state index contributed by atoms with van der Waals surface area (Å²) in [5.74, 6) is 0.800. The SMILES string of the molecule is Cc1cc(S(=O)(=O)N2CC(C)CC(C)C2)sc1CO. The van der Waals surface area contributed by atoms with Gasteiger partial charge >= 0.3 is 0 Å². The van der Waals surface area contributed by atoms with Gasteiger partial charge in [-0.3, -0.25) is 0 Å². The van der Waals surface area contributed by atoms with E-state index < -0.39 is 10.0 Å². The van der Waals surface area contributed by atoms with Crippen LogP contribution in [0.4, 0.5) is 0 Å². The summed E-state index contributed by atoms with van der Waals surface area (Å²) in [5.41, 5.74) is 0.851. The van der Waals surface area contributed by atoms with Gasteiger partial charge in [-0.25, -0.2) is 8.42 Å². The van der Waals surface area contributed by atoms with Crippen molar-refractivity contribution >= 4 is 21.4 Å². The van der Waals surface area contributed by atoms with Crippen LogP contribution >= 0.6 is 11.3 Å². The van der Waals surface area contributed by atoms with E-state index in [2.05, 4.69) is 13.8 Å². The number of aliphatic hydroxyl groups is 1. The molecule has 0 amide bonds. The van der Waals surface area contributed by atoms with Crippen LogP contribution in [0.1, 0.15) is 30.7 Å². The van der Waals surface area contributed by atoms with Crippen LogP contribution < -0.4 is 0 Å². The van der Waals surface area contributed by atoms with E-state index >= 15 is 0 Å². The lowest BCUT2D eigenvalue weighted by molar-refractivity contribution is 0.223. The molecule has 1 aromatic heterocycles. The second kappa shape index (κ2) is 5.52. The maximum absolute atomic E-state index is 12.6. The average molecular weight is 303 g/mol. The van der Waals surface area contributed by atoms with Crippen molar-refractivity contribution < 1.29 is 13.5 Å². The number of sulfonamides is 1. The zero-order valence-electron chi connectivity index (χ0n) is 11.6. The highest BCUT2D eigenvalue weighted by Gasteiger charge is 2.32. The number of aliphatic hydroxyl groups excluding tert-OH is 1. The van der Waals surface area contributed by atoms with Crippen LogP contribution in [-0.2, 0) is 16.6 Å². The molecule has 1 aliphatic rings. The first-order valence-electron chi connectivity index (χ1n) is 6.55. The second-order valence-electron chi connectivity index (χ2n) is 5.60. The Balaban J connectivity index is 2.30. The fourth-order valence-corrected chi connectivity index (χ4v) is 5.99. The van der Waals surface area contributed by atoms with Gasteiger partial charge in [0, 0.05) is 18.0 Å². The number of rotatable bonds is 3. The van der Waals surface area contributed by atoms with Crippen molar-refractivity contribution in [3.63, 3.8) is 0 Å². The van der Waals surface area contributed by atoms with Gasteiger partial charge in [0.15, 0.2) is 0 Å². The van der Waals surface area contributed by atoms with Crippen LogP contribution in [0.5, 0.6) is 0 Å². The number of piperidine rings is 1. The summed E-state index contributed by atoms with van der Waals surface area (Å²) in [4.78, 5) is 0.733. The smallest absolute Gasteiger partial charge is 0.252 e. The van der Waals surface area contributed by atoms with Crippen LogP contribution in [0, 0.1) is 18.8 Å². The summed E-state index contributed by atoms with van der Waals surface area (Å²) in [5, 5.41) is 9.19.